The van der Waals surface area contributed by atoms with Crippen molar-refractivity contribution in [3.63, 3.8) is 0 Å². The van der Waals surface area contributed by atoms with E-state index in [2.05, 4.69) is 17.2 Å². The Balaban J connectivity index is 1.87. The molecule has 2 aromatic rings. The number of methoxy groups -OCH3 is 1. The second-order valence-electron chi connectivity index (χ2n) is 4.15. The van der Waals surface area contributed by atoms with E-state index in [-0.39, 0.29) is 5.91 Å². The summed E-state index contributed by atoms with van der Waals surface area (Å²) in [7, 11) is 1.62. The Morgan fingerprint density at radius 2 is 1.80 bits per heavy atom. The van der Waals surface area contributed by atoms with Crippen LogP contribution in [0.1, 0.15) is 11.1 Å². The van der Waals surface area contributed by atoms with Gasteiger partial charge in [-0.25, -0.2) is 0 Å². The number of carbonyl (C=O) groups excluding carboxylic acids is 1. The molecule has 0 spiro atoms. The number of amides is 1. The molecule has 20 heavy (non-hydrogen) atoms. The molecule has 0 heterocycles. The summed E-state index contributed by atoms with van der Waals surface area (Å²) in [6.45, 7) is 0.451. The topological polar surface area (TPSA) is 38.3 Å². The van der Waals surface area contributed by atoms with E-state index >= 15 is 0 Å². The lowest BCUT2D eigenvalue weighted by Gasteiger charge is -2.03. The molecule has 0 saturated heterocycles. The third-order valence-corrected chi connectivity index (χ3v) is 2.71. The molecule has 0 aromatic heterocycles. The van der Waals surface area contributed by atoms with Crippen LogP contribution in [-0.4, -0.2) is 13.0 Å². The molecule has 100 valence electrons. The first kappa shape index (κ1) is 13.7. The average molecular weight is 265 g/mol. The highest BCUT2D eigenvalue weighted by atomic mass is 16.5. The van der Waals surface area contributed by atoms with E-state index < -0.39 is 0 Å². The molecule has 3 heteroatoms. The van der Waals surface area contributed by atoms with Crippen LogP contribution in [0.25, 0.3) is 0 Å². The molecule has 0 aliphatic carbocycles. The summed E-state index contributed by atoms with van der Waals surface area (Å²) in [6.07, 6.45) is 0. The van der Waals surface area contributed by atoms with Gasteiger partial charge >= 0.3 is 0 Å². The zero-order chi connectivity index (χ0) is 14.2. The molecule has 0 fully saturated rings. The van der Waals surface area contributed by atoms with Gasteiger partial charge in [-0.1, -0.05) is 36.3 Å². The Bertz CT molecular complexity index is 622. The van der Waals surface area contributed by atoms with E-state index in [1.165, 1.54) is 0 Å². The van der Waals surface area contributed by atoms with Gasteiger partial charge < -0.3 is 10.1 Å². The summed E-state index contributed by atoms with van der Waals surface area (Å²) in [6, 6.07) is 16.9. The van der Waals surface area contributed by atoms with Crippen molar-refractivity contribution in [2.75, 3.05) is 7.11 Å². The minimum atomic E-state index is -0.287. The monoisotopic (exact) mass is 265 g/mol. The summed E-state index contributed by atoms with van der Waals surface area (Å²) >= 11 is 0. The van der Waals surface area contributed by atoms with E-state index in [0.29, 0.717) is 6.54 Å². The molecule has 0 saturated carbocycles. The molecule has 1 N–H and O–H groups in total. The lowest BCUT2D eigenvalue weighted by molar-refractivity contribution is -0.115. The SMILES string of the molecule is COc1ccc(CNC(=O)C#Cc2ccccc2)cc1. The maximum Gasteiger partial charge on any atom is 0.296 e. The van der Waals surface area contributed by atoms with Crippen LogP contribution in [0.3, 0.4) is 0 Å². The van der Waals surface area contributed by atoms with Crippen molar-refractivity contribution in [2.45, 2.75) is 6.54 Å². The molecule has 3 nitrogen and oxygen atoms in total. The zero-order valence-corrected chi connectivity index (χ0v) is 11.2. The first-order chi connectivity index (χ1) is 9.78. The van der Waals surface area contributed by atoms with Gasteiger partial charge in [0.15, 0.2) is 0 Å². The quantitative estimate of drug-likeness (QED) is 0.865. The fraction of sp³-hybridized carbons (Fsp3) is 0.118. The van der Waals surface area contributed by atoms with Crippen LogP contribution >= 0.6 is 0 Å². The van der Waals surface area contributed by atoms with Crippen molar-refractivity contribution >= 4 is 5.91 Å². The molecule has 2 rings (SSSR count). The highest BCUT2D eigenvalue weighted by molar-refractivity contribution is 5.94. The molecule has 0 bridgehead atoms. The summed E-state index contributed by atoms with van der Waals surface area (Å²) in [4.78, 5) is 11.6. The largest absolute Gasteiger partial charge is 0.497 e. The first-order valence-corrected chi connectivity index (χ1v) is 6.26. The molecule has 0 aliphatic rings. The molecule has 0 atom stereocenters. The van der Waals surface area contributed by atoms with Gasteiger partial charge in [0.05, 0.1) is 7.11 Å². The van der Waals surface area contributed by atoms with E-state index in [4.69, 9.17) is 4.74 Å². The number of benzene rings is 2. The normalized spacial score (nSPS) is 9.25. The van der Waals surface area contributed by atoms with Crippen LogP contribution < -0.4 is 10.1 Å². The highest BCUT2D eigenvalue weighted by Gasteiger charge is 1.97. The van der Waals surface area contributed by atoms with Crippen molar-refractivity contribution in [1.29, 1.82) is 0 Å². The summed E-state index contributed by atoms with van der Waals surface area (Å²) in [5.74, 6) is 5.89. The second-order valence-corrected chi connectivity index (χ2v) is 4.15. The molecule has 2 aromatic carbocycles. The summed E-state index contributed by atoms with van der Waals surface area (Å²) < 4.78 is 5.07. The Kier molecular flexibility index (Phi) is 4.80. The van der Waals surface area contributed by atoms with Gasteiger partial charge in [-0.3, -0.25) is 4.79 Å². The number of ether oxygens (including phenoxy) is 1. The fourth-order valence-electron chi connectivity index (χ4n) is 1.62. The number of nitrogens with one attached hydrogen (secondary N) is 1. The van der Waals surface area contributed by atoms with Gasteiger partial charge in [-0.15, -0.1) is 0 Å². The molecular formula is C17H15NO2. The van der Waals surface area contributed by atoms with E-state index in [1.54, 1.807) is 7.11 Å². The van der Waals surface area contributed by atoms with Crippen LogP contribution in [0, 0.1) is 11.8 Å². The van der Waals surface area contributed by atoms with Crippen molar-refractivity contribution in [3.8, 4) is 17.6 Å². The van der Waals surface area contributed by atoms with Crippen LogP contribution in [0.2, 0.25) is 0 Å². The minimum Gasteiger partial charge on any atom is -0.497 e. The first-order valence-electron chi connectivity index (χ1n) is 6.26. The van der Waals surface area contributed by atoms with E-state index in [1.807, 2.05) is 54.6 Å². The number of rotatable bonds is 3. The molecule has 0 aliphatic heterocycles. The molecular weight excluding hydrogens is 250 g/mol. The number of carbonyl (C=O) groups is 1. The smallest absolute Gasteiger partial charge is 0.296 e. The number of hydrogen-bond donors (Lipinski definition) is 1. The van der Waals surface area contributed by atoms with Crippen molar-refractivity contribution in [3.05, 3.63) is 65.7 Å². The molecule has 1 amide bonds. The van der Waals surface area contributed by atoms with Gasteiger partial charge in [-0.05, 0) is 29.8 Å². The maximum atomic E-state index is 11.6. The Morgan fingerprint density at radius 1 is 1.10 bits per heavy atom. The standard InChI is InChI=1S/C17H15NO2/c1-20-16-10-7-15(8-11-16)13-18-17(19)12-9-14-5-3-2-4-6-14/h2-8,10-11H,13H2,1H3,(H,18,19). The Hall–Kier alpha value is -2.73. The van der Waals surface area contributed by atoms with E-state index in [0.717, 1.165) is 16.9 Å². The molecule has 0 unspecified atom stereocenters. The predicted molar refractivity (Wildman–Crippen MR) is 78.2 cm³/mol. The highest BCUT2D eigenvalue weighted by Crippen LogP contribution is 2.10. The fourth-order valence-corrected chi connectivity index (χ4v) is 1.62. The average Bonchev–Trinajstić information content (AvgIpc) is 2.52. The Morgan fingerprint density at radius 3 is 2.45 bits per heavy atom. The van der Waals surface area contributed by atoms with Gasteiger partial charge in [-0.2, -0.15) is 0 Å². The lowest BCUT2D eigenvalue weighted by Crippen LogP contribution is -2.20. The van der Waals surface area contributed by atoms with Gasteiger partial charge in [0, 0.05) is 18.0 Å². The van der Waals surface area contributed by atoms with Crippen LogP contribution in [-0.2, 0) is 11.3 Å². The number of hydrogen-bond acceptors (Lipinski definition) is 2. The Labute approximate surface area is 118 Å². The summed E-state index contributed by atoms with van der Waals surface area (Å²) in [5.41, 5.74) is 1.83. The van der Waals surface area contributed by atoms with E-state index in [9.17, 15) is 4.79 Å². The van der Waals surface area contributed by atoms with Crippen molar-refractivity contribution in [2.24, 2.45) is 0 Å². The lowest BCUT2D eigenvalue weighted by atomic mass is 10.2. The van der Waals surface area contributed by atoms with Crippen LogP contribution in [0.4, 0.5) is 0 Å². The van der Waals surface area contributed by atoms with Gasteiger partial charge in [0.25, 0.3) is 5.91 Å². The molecule has 0 radical (unpaired) electrons. The second kappa shape index (κ2) is 7.01. The zero-order valence-electron chi connectivity index (χ0n) is 11.2. The summed E-state index contributed by atoms with van der Waals surface area (Å²) in [5, 5.41) is 2.75. The van der Waals surface area contributed by atoms with Crippen LogP contribution in [0.5, 0.6) is 5.75 Å². The third kappa shape index (κ3) is 4.18. The van der Waals surface area contributed by atoms with Crippen LogP contribution in [0.15, 0.2) is 54.6 Å². The third-order valence-electron chi connectivity index (χ3n) is 2.71. The van der Waals surface area contributed by atoms with Gasteiger partial charge in [0.2, 0.25) is 0 Å². The van der Waals surface area contributed by atoms with Crippen molar-refractivity contribution < 1.29 is 9.53 Å². The van der Waals surface area contributed by atoms with Crippen molar-refractivity contribution in [1.82, 2.24) is 5.32 Å². The minimum absolute atomic E-state index is 0.287. The maximum absolute atomic E-state index is 11.6. The predicted octanol–water partition coefficient (Wildman–Crippen LogP) is 2.36. The van der Waals surface area contributed by atoms with Gasteiger partial charge in [0.1, 0.15) is 5.75 Å².